The Morgan fingerprint density at radius 1 is 0.462 bits per heavy atom. The fourth-order valence-corrected chi connectivity index (χ4v) is 7.51. The molecule has 0 aromatic carbocycles. The molecule has 3 unspecified atom stereocenters. The molecule has 1 amide bonds. The minimum Gasteiger partial charge on any atom is -0.461 e. The van der Waals surface area contributed by atoms with E-state index in [0.717, 1.165) is 89.9 Å². The molecular weight excluding hydrogens is 803 g/mol. The van der Waals surface area contributed by atoms with E-state index in [1.807, 2.05) is 12.2 Å². The zero-order valence-corrected chi connectivity index (χ0v) is 42.3. The highest BCUT2D eigenvalue weighted by Crippen LogP contribution is 2.16. The normalized spacial score (nSPS) is 14.0. The molecule has 0 saturated carbocycles. The Morgan fingerprint density at radius 3 is 1.25 bits per heavy atom. The SMILES string of the molecule is CCCCC/C=C\C/C=C\C/C=C\C/C=C\CCCCCC(=O)OC(C/C=C\C/C=C\C/C=C\C/C=C\CCCCC)CC(=O)NC(CO)C(O)CCCCCCCCCCCCCC. The maximum atomic E-state index is 13.2. The van der Waals surface area contributed by atoms with Crippen LogP contribution in [-0.2, 0) is 14.3 Å². The molecule has 6 nitrogen and oxygen atoms in total. The summed E-state index contributed by atoms with van der Waals surface area (Å²) in [5, 5.41) is 23.7. The van der Waals surface area contributed by atoms with Crippen LogP contribution in [0, 0.1) is 0 Å². The van der Waals surface area contributed by atoms with Gasteiger partial charge in [-0.3, -0.25) is 9.59 Å². The lowest BCUT2D eigenvalue weighted by Crippen LogP contribution is -2.46. The van der Waals surface area contributed by atoms with Crippen molar-refractivity contribution in [2.45, 2.75) is 257 Å². The molecule has 0 heterocycles. The largest absolute Gasteiger partial charge is 0.461 e. The first-order chi connectivity index (χ1) is 32.0. The summed E-state index contributed by atoms with van der Waals surface area (Å²) in [6.07, 6.45) is 69.1. The van der Waals surface area contributed by atoms with Crippen molar-refractivity contribution in [3.05, 3.63) is 97.2 Å². The number of hydrogen-bond donors (Lipinski definition) is 3. The molecule has 6 heteroatoms. The lowest BCUT2D eigenvalue weighted by atomic mass is 10.0. The smallest absolute Gasteiger partial charge is 0.306 e. The van der Waals surface area contributed by atoms with Crippen molar-refractivity contribution in [1.82, 2.24) is 5.32 Å². The first kappa shape index (κ1) is 61.8. The number of unbranched alkanes of at least 4 members (excludes halogenated alkanes) is 20. The molecule has 0 rings (SSSR count). The Kier molecular flexibility index (Phi) is 49.2. The molecule has 3 atom stereocenters. The average molecular weight is 904 g/mol. The van der Waals surface area contributed by atoms with E-state index in [1.54, 1.807) is 0 Å². The van der Waals surface area contributed by atoms with Gasteiger partial charge in [-0.2, -0.15) is 0 Å². The number of rotatable bonds is 47. The first-order valence-electron chi connectivity index (χ1n) is 27.0. The molecule has 0 spiro atoms. The second kappa shape index (κ2) is 51.8. The van der Waals surface area contributed by atoms with Crippen molar-refractivity contribution in [2.75, 3.05) is 6.61 Å². The molecule has 0 bridgehead atoms. The van der Waals surface area contributed by atoms with Crippen LogP contribution in [0.15, 0.2) is 97.2 Å². The van der Waals surface area contributed by atoms with Crippen LogP contribution < -0.4 is 5.32 Å². The summed E-state index contributed by atoms with van der Waals surface area (Å²) in [4.78, 5) is 26.1. The van der Waals surface area contributed by atoms with Gasteiger partial charge in [-0.05, 0) is 89.9 Å². The molecule has 0 aromatic heterocycles. The zero-order chi connectivity index (χ0) is 47.4. The Bertz CT molecular complexity index is 1290. The molecule has 0 saturated heterocycles. The third kappa shape index (κ3) is 47.1. The lowest BCUT2D eigenvalue weighted by Gasteiger charge is -2.24. The van der Waals surface area contributed by atoms with E-state index in [0.29, 0.717) is 19.3 Å². The second-order valence-corrected chi connectivity index (χ2v) is 17.9. The van der Waals surface area contributed by atoms with Crippen molar-refractivity contribution in [3.63, 3.8) is 0 Å². The number of aliphatic hydroxyl groups is 2. The Labute approximate surface area is 401 Å². The predicted octanol–water partition coefficient (Wildman–Crippen LogP) is 16.5. The first-order valence-corrected chi connectivity index (χ1v) is 27.0. The number of carbonyl (C=O) groups is 2. The fourth-order valence-electron chi connectivity index (χ4n) is 7.51. The van der Waals surface area contributed by atoms with Crippen molar-refractivity contribution < 1.29 is 24.5 Å². The third-order valence-electron chi connectivity index (χ3n) is 11.6. The standard InChI is InChI=1S/C59H101NO5/c1-4-7-10-13-16-19-22-25-27-28-29-30-32-34-37-40-43-46-49-52-59(64)65-55(50-47-44-41-38-35-33-31-26-23-20-17-14-11-8-5-2)53-58(63)60-56(54-61)57(62)51-48-45-42-39-36-24-21-18-15-12-9-6-3/h16-17,19-20,25-27,29-31,34-35,37-38,44,47,55-57,61-62H,4-15,18,21-24,28,32-33,36,39-43,45-46,48-54H2,1-3H3,(H,60,63)/b19-16-,20-17-,27-25-,30-29-,31-26-,37-34-,38-35-,47-44-. The number of aliphatic hydroxyl groups excluding tert-OH is 2. The molecule has 3 N–H and O–H groups in total. The van der Waals surface area contributed by atoms with Crippen molar-refractivity contribution in [2.24, 2.45) is 0 Å². The number of amides is 1. The topological polar surface area (TPSA) is 95.9 Å². The minimum absolute atomic E-state index is 0.0162. The van der Waals surface area contributed by atoms with Crippen LogP contribution in [0.25, 0.3) is 0 Å². The highest BCUT2D eigenvalue weighted by Gasteiger charge is 2.23. The lowest BCUT2D eigenvalue weighted by molar-refractivity contribution is -0.150. The Hall–Kier alpha value is -3.22. The van der Waals surface area contributed by atoms with Gasteiger partial charge in [-0.1, -0.05) is 227 Å². The number of esters is 1. The summed E-state index contributed by atoms with van der Waals surface area (Å²) >= 11 is 0. The van der Waals surface area contributed by atoms with E-state index >= 15 is 0 Å². The summed E-state index contributed by atoms with van der Waals surface area (Å²) in [5.41, 5.74) is 0. The number of nitrogens with one attached hydrogen (secondary N) is 1. The number of allylic oxidation sites excluding steroid dienone is 15. The maximum Gasteiger partial charge on any atom is 0.306 e. The summed E-state index contributed by atoms with van der Waals surface area (Å²) in [6, 6.07) is -0.743. The Morgan fingerprint density at radius 2 is 0.815 bits per heavy atom. The Balaban J connectivity index is 4.77. The van der Waals surface area contributed by atoms with Crippen LogP contribution in [-0.4, -0.2) is 46.9 Å². The zero-order valence-electron chi connectivity index (χ0n) is 42.3. The monoisotopic (exact) mass is 904 g/mol. The van der Waals surface area contributed by atoms with Crippen LogP contribution in [0.5, 0.6) is 0 Å². The quantitative estimate of drug-likeness (QED) is 0.0321. The van der Waals surface area contributed by atoms with Gasteiger partial charge in [0.25, 0.3) is 0 Å². The molecule has 0 aliphatic rings. The third-order valence-corrected chi connectivity index (χ3v) is 11.6. The van der Waals surface area contributed by atoms with Gasteiger partial charge in [0.2, 0.25) is 5.91 Å². The van der Waals surface area contributed by atoms with Gasteiger partial charge >= 0.3 is 5.97 Å². The van der Waals surface area contributed by atoms with Gasteiger partial charge in [-0.15, -0.1) is 0 Å². The number of ether oxygens (including phenoxy) is 1. The van der Waals surface area contributed by atoms with E-state index in [9.17, 15) is 19.8 Å². The van der Waals surface area contributed by atoms with Crippen LogP contribution in [0.2, 0.25) is 0 Å². The molecule has 0 aliphatic heterocycles. The van der Waals surface area contributed by atoms with Gasteiger partial charge in [-0.25, -0.2) is 0 Å². The van der Waals surface area contributed by atoms with Crippen LogP contribution in [0.1, 0.15) is 239 Å². The molecule has 0 aromatic rings. The molecule has 372 valence electrons. The molecular formula is C59H101NO5. The van der Waals surface area contributed by atoms with Gasteiger partial charge in [0.05, 0.1) is 25.2 Å². The fraction of sp³-hybridized carbons (Fsp3) is 0.695. The summed E-state index contributed by atoms with van der Waals surface area (Å²) in [5.74, 6) is -0.618. The number of carbonyl (C=O) groups excluding carboxylic acids is 2. The van der Waals surface area contributed by atoms with E-state index < -0.39 is 18.2 Å². The average Bonchev–Trinajstić information content (AvgIpc) is 3.30. The van der Waals surface area contributed by atoms with Gasteiger partial charge in [0.15, 0.2) is 0 Å². The van der Waals surface area contributed by atoms with Crippen LogP contribution in [0.3, 0.4) is 0 Å². The maximum absolute atomic E-state index is 13.2. The summed E-state index contributed by atoms with van der Waals surface area (Å²) in [7, 11) is 0. The minimum atomic E-state index is -0.822. The summed E-state index contributed by atoms with van der Waals surface area (Å²) < 4.78 is 5.86. The number of hydrogen-bond acceptors (Lipinski definition) is 5. The molecule has 0 radical (unpaired) electrons. The van der Waals surface area contributed by atoms with Gasteiger partial charge in [0.1, 0.15) is 6.10 Å². The van der Waals surface area contributed by atoms with E-state index in [1.165, 1.54) is 103 Å². The van der Waals surface area contributed by atoms with E-state index in [-0.39, 0.29) is 24.9 Å². The van der Waals surface area contributed by atoms with Crippen LogP contribution in [0.4, 0.5) is 0 Å². The highest BCUT2D eigenvalue weighted by atomic mass is 16.5. The highest BCUT2D eigenvalue weighted by molar-refractivity contribution is 5.77. The summed E-state index contributed by atoms with van der Waals surface area (Å²) in [6.45, 7) is 6.38. The van der Waals surface area contributed by atoms with Crippen molar-refractivity contribution in [3.8, 4) is 0 Å². The second-order valence-electron chi connectivity index (χ2n) is 17.9. The van der Waals surface area contributed by atoms with E-state index in [2.05, 4.69) is 111 Å². The van der Waals surface area contributed by atoms with Crippen LogP contribution >= 0.6 is 0 Å². The van der Waals surface area contributed by atoms with Crippen molar-refractivity contribution >= 4 is 11.9 Å². The van der Waals surface area contributed by atoms with Crippen molar-refractivity contribution in [1.29, 1.82) is 0 Å². The van der Waals surface area contributed by atoms with E-state index in [4.69, 9.17) is 4.74 Å². The van der Waals surface area contributed by atoms with Gasteiger partial charge in [0, 0.05) is 12.8 Å². The molecule has 0 aliphatic carbocycles. The molecule has 0 fully saturated rings. The van der Waals surface area contributed by atoms with Gasteiger partial charge < -0.3 is 20.3 Å². The molecule has 65 heavy (non-hydrogen) atoms. The predicted molar refractivity (Wildman–Crippen MR) is 282 cm³/mol.